The normalized spacial score (nSPS) is 10.3. The van der Waals surface area contributed by atoms with Gasteiger partial charge in [0.05, 0.1) is 22.7 Å². The van der Waals surface area contributed by atoms with Gasteiger partial charge in [-0.05, 0) is 6.92 Å². The Kier molecular flexibility index (Phi) is 3.68. The van der Waals surface area contributed by atoms with Gasteiger partial charge in [0, 0.05) is 4.88 Å². The lowest BCUT2D eigenvalue weighted by atomic mass is 10.4. The maximum Gasteiger partial charge on any atom is 0.348 e. The number of aryl methyl sites for hydroxylation is 1. The van der Waals surface area contributed by atoms with Crippen LogP contribution in [-0.2, 0) is 6.54 Å². The quantitative estimate of drug-likeness (QED) is 0.527. The molecule has 2 rings (SSSR count). The number of halogens is 1. The molecule has 0 spiro atoms. The van der Waals surface area contributed by atoms with Crippen LogP contribution in [0.5, 0.6) is 0 Å². The van der Waals surface area contributed by atoms with Crippen molar-refractivity contribution in [3.05, 3.63) is 37.7 Å². The minimum absolute atomic E-state index is 0.104. The van der Waals surface area contributed by atoms with Crippen molar-refractivity contribution in [2.24, 2.45) is 0 Å². The summed E-state index contributed by atoms with van der Waals surface area (Å²) < 4.78 is 0. The van der Waals surface area contributed by atoms with Crippen molar-refractivity contribution in [2.45, 2.75) is 13.5 Å². The van der Waals surface area contributed by atoms with Gasteiger partial charge in [-0.2, -0.15) is 0 Å². The maximum atomic E-state index is 10.9. The van der Waals surface area contributed by atoms with Gasteiger partial charge >= 0.3 is 5.69 Å². The first-order valence-corrected chi connectivity index (χ1v) is 6.13. The Morgan fingerprint density at radius 3 is 2.89 bits per heavy atom. The van der Waals surface area contributed by atoms with E-state index in [4.69, 9.17) is 11.6 Å². The standard InChI is InChI=1S/C9H8ClN5O2S/c1-5-6(18-4-14-5)2-11-9-7(15(16)17)8(10)12-3-13-9/h3-4H,2H2,1H3,(H,11,12,13). The average molecular weight is 286 g/mol. The van der Waals surface area contributed by atoms with Crippen LogP contribution in [0.4, 0.5) is 11.5 Å². The Balaban J connectivity index is 2.22. The van der Waals surface area contributed by atoms with E-state index < -0.39 is 4.92 Å². The van der Waals surface area contributed by atoms with Gasteiger partial charge < -0.3 is 5.32 Å². The van der Waals surface area contributed by atoms with Crippen molar-refractivity contribution in [1.29, 1.82) is 0 Å². The number of hydrogen-bond donors (Lipinski definition) is 1. The summed E-state index contributed by atoms with van der Waals surface area (Å²) in [5.41, 5.74) is 2.28. The highest BCUT2D eigenvalue weighted by Gasteiger charge is 2.21. The molecule has 0 aliphatic carbocycles. The zero-order valence-corrected chi connectivity index (χ0v) is 10.8. The van der Waals surface area contributed by atoms with Crippen LogP contribution >= 0.6 is 22.9 Å². The molecule has 0 fully saturated rings. The van der Waals surface area contributed by atoms with E-state index >= 15 is 0 Å². The first-order chi connectivity index (χ1) is 8.59. The number of rotatable bonds is 4. The largest absolute Gasteiger partial charge is 0.359 e. The molecule has 2 heterocycles. The van der Waals surface area contributed by atoms with Gasteiger partial charge in [-0.15, -0.1) is 11.3 Å². The van der Waals surface area contributed by atoms with Crippen molar-refractivity contribution in [3.8, 4) is 0 Å². The SMILES string of the molecule is Cc1ncsc1CNc1ncnc(Cl)c1[N+](=O)[O-]. The minimum Gasteiger partial charge on any atom is -0.359 e. The van der Waals surface area contributed by atoms with Crippen molar-refractivity contribution in [1.82, 2.24) is 15.0 Å². The van der Waals surface area contributed by atoms with Crippen LogP contribution in [0.2, 0.25) is 5.15 Å². The highest BCUT2D eigenvalue weighted by atomic mass is 35.5. The van der Waals surface area contributed by atoms with Gasteiger partial charge in [-0.1, -0.05) is 11.6 Å². The van der Waals surface area contributed by atoms with Gasteiger partial charge in [0.15, 0.2) is 0 Å². The third-order valence-electron chi connectivity index (χ3n) is 2.22. The molecule has 0 atom stereocenters. The zero-order valence-electron chi connectivity index (χ0n) is 9.25. The summed E-state index contributed by atoms with van der Waals surface area (Å²) in [6.45, 7) is 2.28. The number of anilines is 1. The summed E-state index contributed by atoms with van der Waals surface area (Å²) in [7, 11) is 0. The van der Waals surface area contributed by atoms with Gasteiger partial charge in [0.1, 0.15) is 6.33 Å². The Labute approximate surface area is 111 Å². The fourth-order valence-corrected chi connectivity index (χ4v) is 2.23. The predicted octanol–water partition coefficient (Wildman–Crippen LogP) is 2.42. The van der Waals surface area contributed by atoms with Crippen LogP contribution in [0.3, 0.4) is 0 Å². The molecule has 0 radical (unpaired) electrons. The number of nitrogens with zero attached hydrogens (tertiary/aromatic N) is 4. The monoisotopic (exact) mass is 285 g/mol. The molecular formula is C9H8ClN5O2S. The van der Waals surface area contributed by atoms with Gasteiger partial charge in [-0.25, -0.2) is 15.0 Å². The first-order valence-electron chi connectivity index (χ1n) is 4.87. The van der Waals surface area contributed by atoms with Crippen molar-refractivity contribution in [2.75, 3.05) is 5.32 Å². The molecule has 0 saturated carbocycles. The number of aromatic nitrogens is 3. The molecule has 2 aromatic heterocycles. The zero-order chi connectivity index (χ0) is 13.1. The maximum absolute atomic E-state index is 10.9. The molecule has 1 N–H and O–H groups in total. The highest BCUT2D eigenvalue weighted by molar-refractivity contribution is 7.09. The van der Waals surface area contributed by atoms with E-state index in [1.807, 2.05) is 6.92 Å². The Morgan fingerprint density at radius 1 is 1.50 bits per heavy atom. The summed E-state index contributed by atoms with van der Waals surface area (Å²) in [4.78, 5) is 22.7. The average Bonchev–Trinajstić information content (AvgIpc) is 2.71. The van der Waals surface area contributed by atoms with Crippen LogP contribution in [-0.4, -0.2) is 19.9 Å². The summed E-state index contributed by atoms with van der Waals surface area (Å²) in [5.74, 6) is 0.104. The molecule has 7 nitrogen and oxygen atoms in total. The lowest BCUT2D eigenvalue weighted by Crippen LogP contribution is -2.05. The molecule has 9 heteroatoms. The molecule has 94 valence electrons. The Bertz CT molecular complexity index is 588. The summed E-state index contributed by atoms with van der Waals surface area (Å²) in [6, 6.07) is 0. The molecular weight excluding hydrogens is 278 g/mol. The molecule has 0 unspecified atom stereocenters. The smallest absolute Gasteiger partial charge is 0.348 e. The molecule has 0 bridgehead atoms. The number of nitro groups is 1. The van der Waals surface area contributed by atoms with E-state index in [9.17, 15) is 10.1 Å². The summed E-state index contributed by atoms with van der Waals surface area (Å²) in [5, 5.41) is 13.6. The van der Waals surface area contributed by atoms with Crippen LogP contribution in [0.25, 0.3) is 0 Å². The molecule has 0 aliphatic heterocycles. The van der Waals surface area contributed by atoms with Gasteiger partial charge in [0.2, 0.25) is 11.0 Å². The number of thiazole rings is 1. The molecule has 0 aliphatic rings. The Hall–Kier alpha value is -1.80. The fourth-order valence-electron chi connectivity index (χ4n) is 1.31. The number of hydrogen-bond acceptors (Lipinski definition) is 7. The first kappa shape index (κ1) is 12.7. The van der Waals surface area contributed by atoms with E-state index in [0.29, 0.717) is 6.54 Å². The number of nitrogens with one attached hydrogen (secondary N) is 1. The van der Waals surface area contributed by atoms with E-state index in [1.165, 1.54) is 17.7 Å². The van der Waals surface area contributed by atoms with E-state index in [2.05, 4.69) is 20.3 Å². The highest BCUT2D eigenvalue weighted by Crippen LogP contribution is 2.28. The topological polar surface area (TPSA) is 93.8 Å². The van der Waals surface area contributed by atoms with Gasteiger partial charge in [0.25, 0.3) is 0 Å². The van der Waals surface area contributed by atoms with E-state index in [1.54, 1.807) is 5.51 Å². The molecule has 18 heavy (non-hydrogen) atoms. The summed E-state index contributed by atoms with van der Waals surface area (Å²) >= 11 is 7.14. The van der Waals surface area contributed by atoms with Crippen LogP contribution < -0.4 is 5.32 Å². The predicted molar refractivity (Wildman–Crippen MR) is 67.9 cm³/mol. The van der Waals surface area contributed by atoms with Crippen molar-refractivity contribution >= 4 is 34.4 Å². The van der Waals surface area contributed by atoms with Crippen LogP contribution in [0, 0.1) is 17.0 Å². The molecule has 0 amide bonds. The molecule has 0 aromatic carbocycles. The Morgan fingerprint density at radius 2 is 2.28 bits per heavy atom. The van der Waals surface area contributed by atoms with Gasteiger partial charge in [-0.3, -0.25) is 10.1 Å². The second kappa shape index (κ2) is 5.23. The van der Waals surface area contributed by atoms with E-state index in [-0.39, 0.29) is 16.7 Å². The minimum atomic E-state index is -0.607. The third-order valence-corrected chi connectivity index (χ3v) is 3.43. The second-order valence-corrected chi connectivity index (χ2v) is 4.63. The third kappa shape index (κ3) is 2.54. The second-order valence-electron chi connectivity index (χ2n) is 3.33. The van der Waals surface area contributed by atoms with E-state index in [0.717, 1.165) is 10.6 Å². The van der Waals surface area contributed by atoms with Crippen molar-refractivity contribution < 1.29 is 4.92 Å². The molecule has 2 aromatic rings. The fraction of sp³-hybridized carbons (Fsp3) is 0.222. The summed E-state index contributed by atoms with van der Waals surface area (Å²) in [6.07, 6.45) is 1.18. The lowest BCUT2D eigenvalue weighted by molar-refractivity contribution is -0.384. The van der Waals surface area contributed by atoms with Crippen LogP contribution in [0.1, 0.15) is 10.6 Å². The van der Waals surface area contributed by atoms with Crippen molar-refractivity contribution in [3.63, 3.8) is 0 Å². The molecule has 0 saturated heterocycles. The van der Waals surface area contributed by atoms with Crippen LogP contribution in [0.15, 0.2) is 11.8 Å². The lowest BCUT2D eigenvalue weighted by Gasteiger charge is -2.05.